The van der Waals surface area contributed by atoms with Crippen LogP contribution < -0.4 is 5.32 Å². The van der Waals surface area contributed by atoms with Gasteiger partial charge in [0.05, 0.1) is 12.3 Å². The number of halogens is 4. The molecule has 1 amide bonds. The fraction of sp³-hybridized carbons (Fsp3) is 0.276. The Hall–Kier alpha value is -4.17. The van der Waals surface area contributed by atoms with Gasteiger partial charge in [0.15, 0.2) is 12.4 Å². The number of carbonyl (C=O) groups is 2. The molecule has 0 bridgehead atoms. The van der Waals surface area contributed by atoms with Crippen LogP contribution in [-0.2, 0) is 28.4 Å². The van der Waals surface area contributed by atoms with E-state index >= 15 is 0 Å². The number of amides is 1. The standard InChI is InChI=1S/C29H24ClF3N2O8/c30-27(36)41-23-22(42-28(37)35-19-14-8-3-9-15-19)21-20(16-38-24(40-21)17-10-4-1-5-11-17)39-25(23)43-26(29(31,32)33)34-18-12-6-2-7-13-18/h1-15,20-25H,16H2,(H,35,37)/t20-,21-,22+,23-,24-,25+/m1/s1. The second kappa shape index (κ2) is 13.4. The van der Waals surface area contributed by atoms with Crippen LogP contribution in [0.4, 0.5) is 34.1 Å². The van der Waals surface area contributed by atoms with E-state index in [-0.39, 0.29) is 12.3 Å². The number of rotatable bonds is 6. The summed E-state index contributed by atoms with van der Waals surface area (Å²) in [7, 11) is 0. The van der Waals surface area contributed by atoms with Crippen molar-refractivity contribution >= 4 is 40.4 Å². The van der Waals surface area contributed by atoms with E-state index in [0.29, 0.717) is 11.3 Å². The highest BCUT2D eigenvalue weighted by molar-refractivity contribution is 6.61. The van der Waals surface area contributed by atoms with Gasteiger partial charge in [0, 0.05) is 22.9 Å². The minimum atomic E-state index is -5.09. The van der Waals surface area contributed by atoms with Gasteiger partial charge in [0.2, 0.25) is 12.4 Å². The lowest BCUT2D eigenvalue weighted by molar-refractivity contribution is -0.350. The monoisotopic (exact) mass is 620 g/mol. The molecule has 2 saturated heterocycles. The first kappa shape index (κ1) is 30.3. The third-order valence-electron chi connectivity index (χ3n) is 6.30. The van der Waals surface area contributed by atoms with Crippen LogP contribution in [0.15, 0.2) is 96.0 Å². The van der Waals surface area contributed by atoms with Crippen molar-refractivity contribution in [3.05, 3.63) is 96.6 Å². The van der Waals surface area contributed by atoms with Crippen molar-refractivity contribution in [2.24, 2.45) is 4.99 Å². The number of para-hydroxylation sites is 2. The lowest BCUT2D eigenvalue weighted by Crippen LogP contribution is -2.64. The smallest absolute Gasteiger partial charge is 0.440 e. The summed E-state index contributed by atoms with van der Waals surface area (Å²) in [5, 5.41) is 2.51. The largest absolute Gasteiger partial charge is 0.468 e. The maximum Gasteiger partial charge on any atom is 0.468 e. The number of nitrogens with zero attached hydrogens (tertiary/aromatic N) is 1. The molecule has 5 rings (SSSR count). The molecular formula is C29H24ClF3N2O8. The summed E-state index contributed by atoms with van der Waals surface area (Å²) in [4.78, 5) is 28.5. The summed E-state index contributed by atoms with van der Waals surface area (Å²) in [6.45, 7) is -0.205. The number of alkyl halides is 3. The number of carbonyl (C=O) groups excluding carboxylic acids is 2. The van der Waals surface area contributed by atoms with Crippen LogP contribution in [0.5, 0.6) is 0 Å². The van der Waals surface area contributed by atoms with Gasteiger partial charge in [-0.25, -0.2) is 14.6 Å². The highest BCUT2D eigenvalue weighted by Gasteiger charge is 2.56. The zero-order valence-corrected chi connectivity index (χ0v) is 22.8. The van der Waals surface area contributed by atoms with Crippen LogP contribution in [0.25, 0.3) is 0 Å². The Morgan fingerprint density at radius 2 is 1.47 bits per heavy atom. The van der Waals surface area contributed by atoms with E-state index in [9.17, 15) is 22.8 Å². The molecule has 0 aliphatic carbocycles. The summed E-state index contributed by atoms with van der Waals surface area (Å²) >= 11 is 5.52. The van der Waals surface area contributed by atoms with Crippen LogP contribution >= 0.6 is 11.6 Å². The van der Waals surface area contributed by atoms with Gasteiger partial charge in [-0.15, -0.1) is 0 Å². The molecule has 0 aromatic heterocycles. The van der Waals surface area contributed by atoms with E-state index in [2.05, 4.69) is 10.3 Å². The van der Waals surface area contributed by atoms with Gasteiger partial charge in [-0.2, -0.15) is 13.2 Å². The number of anilines is 1. The molecule has 2 aliphatic rings. The number of aliphatic imine (C=N–C) groups is 1. The van der Waals surface area contributed by atoms with Gasteiger partial charge in [0.1, 0.15) is 12.2 Å². The second-order valence-corrected chi connectivity index (χ2v) is 9.58. The van der Waals surface area contributed by atoms with Crippen molar-refractivity contribution in [1.82, 2.24) is 0 Å². The van der Waals surface area contributed by atoms with Crippen molar-refractivity contribution in [3.63, 3.8) is 0 Å². The number of benzene rings is 3. The minimum absolute atomic E-state index is 0.0699. The summed E-state index contributed by atoms with van der Waals surface area (Å²) in [6.07, 6.45) is -14.8. The second-order valence-electron chi connectivity index (χ2n) is 9.27. The van der Waals surface area contributed by atoms with E-state index in [0.717, 1.165) is 0 Å². The number of fused-ring (bicyclic) bond motifs is 1. The molecule has 1 N–H and O–H groups in total. The van der Waals surface area contributed by atoms with E-state index in [1.165, 1.54) is 24.3 Å². The molecule has 2 aliphatic heterocycles. The topological polar surface area (TPSA) is 114 Å². The average Bonchev–Trinajstić information content (AvgIpc) is 2.99. The molecule has 0 unspecified atom stereocenters. The molecule has 10 nitrogen and oxygen atoms in total. The highest BCUT2D eigenvalue weighted by Crippen LogP contribution is 2.38. The third kappa shape index (κ3) is 7.82. The zero-order chi connectivity index (χ0) is 30.4. The van der Waals surface area contributed by atoms with Crippen molar-refractivity contribution < 1.29 is 51.2 Å². The Morgan fingerprint density at radius 1 is 0.837 bits per heavy atom. The van der Waals surface area contributed by atoms with Crippen molar-refractivity contribution in [1.29, 1.82) is 0 Å². The molecule has 226 valence electrons. The number of ether oxygens (including phenoxy) is 6. The molecule has 0 saturated carbocycles. The Balaban J connectivity index is 1.48. The van der Waals surface area contributed by atoms with Crippen molar-refractivity contribution in [3.8, 4) is 0 Å². The lowest BCUT2D eigenvalue weighted by Gasteiger charge is -2.47. The normalized spacial score (nSPS) is 25.6. The van der Waals surface area contributed by atoms with Gasteiger partial charge in [-0.1, -0.05) is 66.7 Å². The van der Waals surface area contributed by atoms with E-state index < -0.39 is 60.6 Å². The highest BCUT2D eigenvalue weighted by atomic mass is 35.5. The summed E-state index contributed by atoms with van der Waals surface area (Å²) in [6, 6.07) is 24.2. The van der Waals surface area contributed by atoms with Crippen LogP contribution in [0.2, 0.25) is 0 Å². The summed E-state index contributed by atoms with van der Waals surface area (Å²) in [5.74, 6) is -1.70. The van der Waals surface area contributed by atoms with E-state index in [1.807, 2.05) is 0 Å². The molecule has 43 heavy (non-hydrogen) atoms. The van der Waals surface area contributed by atoms with Gasteiger partial charge >= 0.3 is 17.7 Å². The van der Waals surface area contributed by atoms with Gasteiger partial charge in [-0.05, 0) is 24.3 Å². The SMILES string of the molecule is O=C(Cl)O[C@H]1[C@H](OC(=Nc2ccccc2)C(F)(F)F)O[C@@H]2CO[C@@H](c3ccccc3)O[C@H]2[C@@H]1OC(=O)Nc1ccccc1. The first-order valence-corrected chi connectivity index (χ1v) is 13.3. The molecule has 6 atom stereocenters. The number of hydrogen-bond donors (Lipinski definition) is 1. The van der Waals surface area contributed by atoms with Crippen LogP contribution in [0.3, 0.4) is 0 Å². The van der Waals surface area contributed by atoms with E-state index in [1.54, 1.807) is 66.7 Å². The molecule has 14 heteroatoms. The molecule has 2 heterocycles. The van der Waals surface area contributed by atoms with Crippen LogP contribution in [-0.4, -0.2) is 60.9 Å². The Morgan fingerprint density at radius 3 is 2.09 bits per heavy atom. The minimum Gasteiger partial charge on any atom is -0.440 e. The molecular weight excluding hydrogens is 597 g/mol. The Bertz CT molecular complexity index is 1420. The molecule has 3 aromatic rings. The quantitative estimate of drug-likeness (QED) is 0.189. The maximum atomic E-state index is 14.1. The molecule has 0 radical (unpaired) electrons. The molecule has 2 fully saturated rings. The maximum absolute atomic E-state index is 14.1. The third-order valence-corrected chi connectivity index (χ3v) is 6.39. The predicted octanol–water partition coefficient (Wildman–Crippen LogP) is 6.50. The fourth-order valence-corrected chi connectivity index (χ4v) is 4.57. The Kier molecular flexibility index (Phi) is 9.46. The van der Waals surface area contributed by atoms with Crippen LogP contribution in [0, 0.1) is 0 Å². The van der Waals surface area contributed by atoms with Gasteiger partial charge in [-0.3, -0.25) is 5.32 Å². The van der Waals surface area contributed by atoms with Crippen LogP contribution in [0.1, 0.15) is 11.9 Å². The summed E-state index contributed by atoms with van der Waals surface area (Å²) < 4.78 is 75.9. The molecule has 0 spiro atoms. The predicted molar refractivity (Wildman–Crippen MR) is 146 cm³/mol. The average molecular weight is 621 g/mol. The first-order valence-electron chi connectivity index (χ1n) is 12.9. The number of nitrogens with one attached hydrogen (secondary N) is 1. The van der Waals surface area contributed by atoms with E-state index in [4.69, 9.17) is 40.0 Å². The first-order chi connectivity index (χ1) is 20.7. The fourth-order valence-electron chi connectivity index (χ4n) is 4.47. The molecule has 3 aromatic carbocycles. The summed E-state index contributed by atoms with van der Waals surface area (Å²) in [5.41, 5.74) is -0.524. The Labute approximate surface area is 248 Å². The van der Waals surface area contributed by atoms with Crippen molar-refractivity contribution in [2.45, 2.75) is 43.2 Å². The van der Waals surface area contributed by atoms with Gasteiger partial charge < -0.3 is 28.4 Å². The lowest BCUT2D eigenvalue weighted by atomic mass is 9.97. The zero-order valence-electron chi connectivity index (χ0n) is 22.1. The van der Waals surface area contributed by atoms with Gasteiger partial charge in [0.25, 0.3) is 5.90 Å². The van der Waals surface area contributed by atoms with Crippen molar-refractivity contribution in [2.75, 3.05) is 11.9 Å². The number of hydrogen-bond acceptors (Lipinski definition) is 9.